The number of imide groups is 1. The number of nitrogens with zero attached hydrogens (tertiary/aromatic N) is 1. The number of aryl methyl sites for hydroxylation is 1. The largest absolute Gasteiger partial charge is 0.497 e. The third-order valence-corrected chi connectivity index (χ3v) is 5.21. The van der Waals surface area contributed by atoms with Crippen LogP contribution >= 0.6 is 0 Å². The fourth-order valence-corrected chi connectivity index (χ4v) is 3.83. The lowest BCUT2D eigenvalue weighted by molar-refractivity contribution is -0.131. The molecule has 5 nitrogen and oxygen atoms in total. The first-order chi connectivity index (χ1) is 12.1. The number of carbonyl (C=O) groups excluding carboxylic acids is 2. The second-order valence-electron chi connectivity index (χ2n) is 6.55. The lowest BCUT2D eigenvalue weighted by Crippen LogP contribution is -2.42. The Kier molecular flexibility index (Phi) is 3.71. The van der Waals surface area contributed by atoms with Crippen molar-refractivity contribution in [3.8, 4) is 5.75 Å². The highest BCUT2D eigenvalue weighted by Crippen LogP contribution is 2.41. The molecule has 1 N–H and O–H groups in total. The maximum Gasteiger partial charge on any atom is 0.325 e. The maximum absolute atomic E-state index is 13.0. The van der Waals surface area contributed by atoms with Crippen molar-refractivity contribution >= 4 is 11.9 Å². The fraction of sp³-hybridized carbons (Fsp3) is 0.300. The number of benzene rings is 2. The molecule has 3 amide bonds. The van der Waals surface area contributed by atoms with E-state index in [1.54, 1.807) is 7.11 Å². The summed E-state index contributed by atoms with van der Waals surface area (Å²) < 4.78 is 5.15. The molecule has 0 bridgehead atoms. The van der Waals surface area contributed by atoms with E-state index in [0.29, 0.717) is 19.4 Å². The highest BCUT2D eigenvalue weighted by atomic mass is 16.5. The Morgan fingerprint density at radius 3 is 2.64 bits per heavy atom. The average molecular weight is 336 g/mol. The van der Waals surface area contributed by atoms with Crippen LogP contribution in [0.15, 0.2) is 48.5 Å². The number of fused-ring (bicyclic) bond motifs is 2. The van der Waals surface area contributed by atoms with E-state index < -0.39 is 5.54 Å². The van der Waals surface area contributed by atoms with Gasteiger partial charge in [0, 0.05) is 6.54 Å². The number of nitrogens with one attached hydrogen (secondary N) is 1. The summed E-state index contributed by atoms with van der Waals surface area (Å²) in [7, 11) is 1.63. The minimum Gasteiger partial charge on any atom is -0.497 e. The average Bonchev–Trinajstić information content (AvgIpc) is 3.13. The summed E-state index contributed by atoms with van der Waals surface area (Å²) in [6, 6.07) is 15.3. The van der Waals surface area contributed by atoms with Crippen LogP contribution in [0.25, 0.3) is 0 Å². The molecule has 2 aromatic rings. The van der Waals surface area contributed by atoms with Gasteiger partial charge >= 0.3 is 6.03 Å². The maximum atomic E-state index is 13.0. The van der Waals surface area contributed by atoms with Crippen LogP contribution in [0, 0.1) is 0 Å². The van der Waals surface area contributed by atoms with Crippen LogP contribution in [0.4, 0.5) is 4.79 Å². The van der Waals surface area contributed by atoms with Crippen LogP contribution in [0.1, 0.15) is 23.1 Å². The van der Waals surface area contributed by atoms with E-state index in [1.807, 2.05) is 48.5 Å². The van der Waals surface area contributed by atoms with Crippen LogP contribution in [0.3, 0.4) is 0 Å². The summed E-state index contributed by atoms with van der Waals surface area (Å²) in [5.41, 5.74) is 2.29. The van der Waals surface area contributed by atoms with Crippen molar-refractivity contribution < 1.29 is 14.3 Å². The number of ether oxygens (including phenoxy) is 1. The van der Waals surface area contributed by atoms with Crippen molar-refractivity contribution in [3.05, 3.63) is 65.2 Å². The van der Waals surface area contributed by atoms with E-state index in [4.69, 9.17) is 4.74 Å². The SMILES string of the molecule is COc1ccc(CCN2C(=O)NC3(CCc4ccccc43)C2=O)cc1. The molecule has 1 heterocycles. The van der Waals surface area contributed by atoms with Gasteiger partial charge in [0.05, 0.1) is 7.11 Å². The molecule has 5 heteroatoms. The number of hydrogen-bond acceptors (Lipinski definition) is 3. The molecule has 1 atom stereocenters. The van der Waals surface area contributed by atoms with Gasteiger partial charge in [-0.05, 0) is 48.1 Å². The van der Waals surface area contributed by atoms with Crippen LogP contribution in [-0.4, -0.2) is 30.5 Å². The molecule has 2 aliphatic rings. The molecular formula is C20H20N2O3. The van der Waals surface area contributed by atoms with E-state index in [-0.39, 0.29) is 11.9 Å². The summed E-state index contributed by atoms with van der Waals surface area (Å²) in [4.78, 5) is 26.9. The Morgan fingerprint density at radius 2 is 1.88 bits per heavy atom. The highest BCUT2D eigenvalue weighted by Gasteiger charge is 2.54. The van der Waals surface area contributed by atoms with E-state index in [1.165, 1.54) is 4.90 Å². The predicted octanol–water partition coefficient (Wildman–Crippen LogP) is 2.63. The summed E-state index contributed by atoms with van der Waals surface area (Å²) in [6.07, 6.45) is 2.07. The molecular weight excluding hydrogens is 316 g/mol. The Bertz CT molecular complexity index is 831. The van der Waals surface area contributed by atoms with Crippen LogP contribution in [0.2, 0.25) is 0 Å². The molecule has 1 unspecified atom stereocenters. The van der Waals surface area contributed by atoms with Gasteiger partial charge in [0.15, 0.2) is 0 Å². The predicted molar refractivity (Wildman–Crippen MR) is 93.4 cm³/mol. The number of hydrogen-bond donors (Lipinski definition) is 1. The minimum absolute atomic E-state index is 0.129. The van der Waals surface area contributed by atoms with E-state index in [2.05, 4.69) is 5.32 Å². The van der Waals surface area contributed by atoms with Gasteiger partial charge in [0.25, 0.3) is 5.91 Å². The molecule has 0 radical (unpaired) electrons. The molecule has 0 aromatic heterocycles. The molecule has 25 heavy (non-hydrogen) atoms. The van der Waals surface area contributed by atoms with Crippen molar-refractivity contribution in [2.24, 2.45) is 0 Å². The number of methoxy groups -OCH3 is 1. The van der Waals surface area contributed by atoms with E-state index >= 15 is 0 Å². The van der Waals surface area contributed by atoms with Gasteiger partial charge in [-0.1, -0.05) is 36.4 Å². The van der Waals surface area contributed by atoms with Crippen molar-refractivity contribution in [2.75, 3.05) is 13.7 Å². The number of carbonyl (C=O) groups is 2. The standard InChI is InChI=1S/C20H20N2O3/c1-25-16-8-6-14(7-9-16)11-13-22-18(23)20(21-19(22)24)12-10-15-4-2-3-5-17(15)20/h2-9H,10-13H2,1H3,(H,21,24). The second kappa shape index (κ2) is 5.92. The molecule has 1 aliphatic heterocycles. The van der Waals surface area contributed by atoms with Crippen molar-refractivity contribution in [1.82, 2.24) is 10.2 Å². The van der Waals surface area contributed by atoms with E-state index in [0.717, 1.165) is 28.9 Å². The Balaban J connectivity index is 1.52. The molecule has 1 aliphatic carbocycles. The minimum atomic E-state index is -0.867. The molecule has 128 valence electrons. The van der Waals surface area contributed by atoms with Gasteiger partial charge in [-0.3, -0.25) is 9.69 Å². The van der Waals surface area contributed by atoms with Crippen LogP contribution in [-0.2, 0) is 23.2 Å². The molecule has 1 spiro atoms. The molecule has 4 rings (SSSR count). The quantitative estimate of drug-likeness (QED) is 0.873. The van der Waals surface area contributed by atoms with Crippen molar-refractivity contribution in [1.29, 1.82) is 0 Å². The normalized spacial score (nSPS) is 21.6. The van der Waals surface area contributed by atoms with Crippen LogP contribution in [0.5, 0.6) is 5.75 Å². The topological polar surface area (TPSA) is 58.6 Å². The van der Waals surface area contributed by atoms with Gasteiger partial charge in [0.2, 0.25) is 0 Å². The zero-order valence-corrected chi connectivity index (χ0v) is 14.1. The third-order valence-electron chi connectivity index (χ3n) is 5.21. The molecule has 1 fully saturated rings. The Morgan fingerprint density at radius 1 is 1.12 bits per heavy atom. The second-order valence-corrected chi connectivity index (χ2v) is 6.55. The lowest BCUT2D eigenvalue weighted by Gasteiger charge is -2.22. The number of amides is 3. The summed E-state index contributed by atoms with van der Waals surface area (Å²) >= 11 is 0. The zero-order valence-electron chi connectivity index (χ0n) is 14.1. The summed E-state index contributed by atoms with van der Waals surface area (Å²) in [6.45, 7) is 0.376. The molecule has 2 aromatic carbocycles. The van der Waals surface area contributed by atoms with Crippen molar-refractivity contribution in [3.63, 3.8) is 0 Å². The monoisotopic (exact) mass is 336 g/mol. The third kappa shape index (κ3) is 2.47. The Labute approximate surface area is 146 Å². The van der Waals surface area contributed by atoms with E-state index in [9.17, 15) is 9.59 Å². The van der Waals surface area contributed by atoms with Gasteiger partial charge in [-0.25, -0.2) is 4.79 Å². The number of urea groups is 1. The first-order valence-electron chi connectivity index (χ1n) is 8.49. The van der Waals surface area contributed by atoms with Gasteiger partial charge in [-0.15, -0.1) is 0 Å². The summed E-state index contributed by atoms with van der Waals surface area (Å²) in [5.74, 6) is 0.663. The summed E-state index contributed by atoms with van der Waals surface area (Å²) in [5, 5.41) is 2.96. The smallest absolute Gasteiger partial charge is 0.325 e. The molecule has 0 saturated carbocycles. The highest BCUT2D eigenvalue weighted by molar-refractivity contribution is 6.08. The first kappa shape index (κ1) is 15.7. The van der Waals surface area contributed by atoms with Gasteiger partial charge < -0.3 is 10.1 Å². The Hall–Kier alpha value is -2.82. The number of rotatable bonds is 4. The van der Waals surface area contributed by atoms with Gasteiger partial charge in [-0.2, -0.15) is 0 Å². The van der Waals surface area contributed by atoms with Gasteiger partial charge in [0.1, 0.15) is 11.3 Å². The zero-order chi connectivity index (χ0) is 17.4. The van der Waals surface area contributed by atoms with Crippen LogP contribution < -0.4 is 10.1 Å². The van der Waals surface area contributed by atoms with Crippen molar-refractivity contribution in [2.45, 2.75) is 24.8 Å². The molecule has 1 saturated heterocycles. The lowest BCUT2D eigenvalue weighted by atomic mass is 9.92. The first-order valence-corrected chi connectivity index (χ1v) is 8.49. The fourth-order valence-electron chi connectivity index (χ4n) is 3.83.